The minimum Gasteiger partial charge on any atom is -0.385 e. The number of alkyl halides is 3. The number of aliphatic hydroxyl groups excluding tert-OH is 1. The Morgan fingerprint density at radius 2 is 1.88 bits per heavy atom. The molecule has 0 fully saturated rings. The van der Waals surface area contributed by atoms with E-state index in [-0.39, 0.29) is 0 Å². The maximum Gasteiger partial charge on any atom is 0.347 e. The Labute approximate surface area is 103 Å². The van der Waals surface area contributed by atoms with Crippen LogP contribution in [0, 0.1) is 13.8 Å². The molecule has 17 heavy (non-hydrogen) atoms. The number of rotatable bonds is 4. The maximum absolute atomic E-state index is 12.6. The van der Waals surface area contributed by atoms with Crippen molar-refractivity contribution in [3.63, 3.8) is 0 Å². The number of Topliss-reactive ketones (excluding diaryl/α,β-unsaturated/α-hetero) is 1. The summed E-state index contributed by atoms with van der Waals surface area (Å²) in [4.78, 5) is 11.8. The average Bonchev–Trinajstić information content (AvgIpc) is 2.15. The highest BCUT2D eigenvalue weighted by atomic mass is 35.5. The Bertz CT molecular complexity index is 407. The molecule has 2 nitrogen and oxygen atoms in total. The molecule has 0 amide bonds. The van der Waals surface area contributed by atoms with E-state index in [2.05, 4.69) is 11.6 Å². The number of carbonyl (C=O) groups excluding carboxylic acids is 1. The van der Waals surface area contributed by atoms with Crippen LogP contribution in [-0.2, 0) is 0 Å². The van der Waals surface area contributed by atoms with Crippen LogP contribution in [0.25, 0.3) is 0 Å². The summed E-state index contributed by atoms with van der Waals surface area (Å²) in [6.45, 7) is 3.43. The Hall–Kier alpha value is -1.00. The summed E-state index contributed by atoms with van der Waals surface area (Å²) in [5.74, 6) is -0.534. The summed E-state index contributed by atoms with van der Waals surface area (Å²) in [6.07, 6.45) is -2.86. The lowest BCUT2D eigenvalue weighted by Gasteiger charge is -2.16. The number of carbonyl (C=O) groups is 1. The standard InChI is InChI=1S/C12H13ClF2O2/c1-7-4-3-5-8(2)11(7)9(16)6-10(17)12(13,14)15/h3-5,10,17H,6H2,1-2H3. The van der Waals surface area contributed by atoms with Crippen LogP contribution < -0.4 is 0 Å². The molecule has 1 unspecified atom stereocenters. The summed E-state index contributed by atoms with van der Waals surface area (Å²) in [5, 5.41) is 5.31. The molecule has 0 saturated heterocycles. The number of aryl methyl sites for hydroxylation is 2. The average molecular weight is 263 g/mol. The maximum atomic E-state index is 12.6. The van der Waals surface area contributed by atoms with Gasteiger partial charge >= 0.3 is 5.38 Å². The molecule has 0 aliphatic heterocycles. The first-order valence-electron chi connectivity index (χ1n) is 5.07. The van der Waals surface area contributed by atoms with Gasteiger partial charge in [-0.2, -0.15) is 8.78 Å². The normalized spacial score (nSPS) is 13.5. The highest BCUT2D eigenvalue weighted by molar-refractivity contribution is 6.22. The van der Waals surface area contributed by atoms with E-state index >= 15 is 0 Å². The van der Waals surface area contributed by atoms with Gasteiger partial charge in [-0.15, -0.1) is 0 Å². The fourth-order valence-electron chi connectivity index (χ4n) is 1.65. The van der Waals surface area contributed by atoms with Crippen LogP contribution in [0.3, 0.4) is 0 Å². The molecule has 5 heteroatoms. The van der Waals surface area contributed by atoms with Crippen LogP contribution in [0.15, 0.2) is 18.2 Å². The zero-order valence-corrected chi connectivity index (χ0v) is 10.3. The lowest BCUT2D eigenvalue weighted by atomic mass is 9.96. The number of hydrogen-bond acceptors (Lipinski definition) is 2. The van der Waals surface area contributed by atoms with Gasteiger partial charge in [-0.3, -0.25) is 4.79 Å². The topological polar surface area (TPSA) is 37.3 Å². The van der Waals surface area contributed by atoms with Gasteiger partial charge in [0.1, 0.15) is 6.10 Å². The molecule has 1 N–H and O–H groups in total. The van der Waals surface area contributed by atoms with Crippen molar-refractivity contribution in [1.29, 1.82) is 0 Å². The Morgan fingerprint density at radius 3 is 2.29 bits per heavy atom. The number of hydrogen-bond donors (Lipinski definition) is 1. The van der Waals surface area contributed by atoms with Crippen LogP contribution in [0.1, 0.15) is 27.9 Å². The Morgan fingerprint density at radius 1 is 1.41 bits per heavy atom. The predicted octanol–water partition coefficient (Wildman–Crippen LogP) is 3.07. The van der Waals surface area contributed by atoms with Crippen molar-refractivity contribution in [2.75, 3.05) is 0 Å². The molecule has 0 bridgehead atoms. The first-order chi connectivity index (χ1) is 7.73. The van der Waals surface area contributed by atoms with Gasteiger partial charge in [0.05, 0.1) is 0 Å². The zero-order chi connectivity index (χ0) is 13.2. The number of aliphatic hydroxyl groups is 1. The van der Waals surface area contributed by atoms with E-state index < -0.39 is 23.7 Å². The van der Waals surface area contributed by atoms with Crippen LogP contribution in [0.5, 0.6) is 0 Å². The predicted molar refractivity (Wildman–Crippen MR) is 61.7 cm³/mol. The minimum absolute atomic E-state index is 0.368. The third-order valence-electron chi connectivity index (χ3n) is 2.52. The molecular formula is C12H13ClF2O2. The number of ketones is 1. The van der Waals surface area contributed by atoms with E-state index in [1.807, 2.05) is 0 Å². The van der Waals surface area contributed by atoms with Gasteiger partial charge in [-0.1, -0.05) is 18.2 Å². The molecular weight excluding hydrogens is 250 g/mol. The van der Waals surface area contributed by atoms with Gasteiger partial charge in [0.15, 0.2) is 5.78 Å². The third-order valence-corrected chi connectivity index (χ3v) is 2.77. The lowest BCUT2D eigenvalue weighted by Crippen LogP contribution is -2.30. The number of benzene rings is 1. The fraction of sp³-hybridized carbons (Fsp3) is 0.417. The van der Waals surface area contributed by atoms with Gasteiger partial charge in [-0.05, 0) is 36.6 Å². The quantitative estimate of drug-likeness (QED) is 0.669. The van der Waals surface area contributed by atoms with Crippen LogP contribution in [0.2, 0.25) is 0 Å². The molecule has 0 aliphatic rings. The molecule has 0 heterocycles. The monoisotopic (exact) mass is 262 g/mol. The lowest BCUT2D eigenvalue weighted by molar-refractivity contribution is -0.0405. The Kier molecular flexibility index (Phi) is 4.22. The van der Waals surface area contributed by atoms with E-state index in [0.717, 1.165) is 0 Å². The molecule has 1 aromatic rings. The highest BCUT2D eigenvalue weighted by Gasteiger charge is 2.37. The smallest absolute Gasteiger partial charge is 0.347 e. The van der Waals surface area contributed by atoms with Gasteiger partial charge < -0.3 is 5.11 Å². The second-order valence-electron chi connectivity index (χ2n) is 3.95. The fourth-order valence-corrected chi connectivity index (χ4v) is 1.72. The molecule has 0 saturated carbocycles. The van der Waals surface area contributed by atoms with E-state index in [0.29, 0.717) is 16.7 Å². The second-order valence-corrected chi connectivity index (χ2v) is 4.46. The van der Waals surface area contributed by atoms with E-state index in [4.69, 9.17) is 5.11 Å². The second kappa shape index (κ2) is 5.10. The van der Waals surface area contributed by atoms with Gasteiger partial charge in [0.2, 0.25) is 0 Å². The first kappa shape index (κ1) is 14.1. The highest BCUT2D eigenvalue weighted by Crippen LogP contribution is 2.27. The van der Waals surface area contributed by atoms with Crippen molar-refractivity contribution in [3.8, 4) is 0 Å². The summed E-state index contributed by atoms with van der Waals surface area (Å²) >= 11 is 4.66. The molecule has 0 aromatic heterocycles. The van der Waals surface area contributed by atoms with E-state index in [1.54, 1.807) is 32.0 Å². The van der Waals surface area contributed by atoms with Crippen molar-refractivity contribution in [2.24, 2.45) is 0 Å². The van der Waals surface area contributed by atoms with Crippen LogP contribution >= 0.6 is 11.6 Å². The van der Waals surface area contributed by atoms with E-state index in [9.17, 15) is 13.6 Å². The summed E-state index contributed by atoms with van der Waals surface area (Å²) in [5.41, 5.74) is 1.76. The van der Waals surface area contributed by atoms with E-state index in [1.165, 1.54) is 0 Å². The van der Waals surface area contributed by atoms with Gasteiger partial charge in [0, 0.05) is 12.0 Å². The number of halogens is 3. The molecule has 1 rings (SSSR count). The largest absolute Gasteiger partial charge is 0.385 e. The van der Waals surface area contributed by atoms with Gasteiger partial charge in [0.25, 0.3) is 0 Å². The van der Waals surface area contributed by atoms with Crippen molar-refractivity contribution in [2.45, 2.75) is 31.8 Å². The molecule has 0 radical (unpaired) electrons. The van der Waals surface area contributed by atoms with Crippen molar-refractivity contribution in [3.05, 3.63) is 34.9 Å². The van der Waals surface area contributed by atoms with Crippen molar-refractivity contribution >= 4 is 17.4 Å². The molecule has 0 aliphatic carbocycles. The van der Waals surface area contributed by atoms with Crippen molar-refractivity contribution in [1.82, 2.24) is 0 Å². The van der Waals surface area contributed by atoms with Gasteiger partial charge in [-0.25, -0.2) is 0 Å². The summed E-state index contributed by atoms with van der Waals surface area (Å²) in [7, 11) is 0. The molecule has 94 valence electrons. The van der Waals surface area contributed by atoms with Crippen LogP contribution in [0.4, 0.5) is 8.78 Å². The first-order valence-corrected chi connectivity index (χ1v) is 5.45. The summed E-state index contributed by atoms with van der Waals surface area (Å²) in [6, 6.07) is 5.20. The molecule has 0 spiro atoms. The zero-order valence-electron chi connectivity index (χ0n) is 9.51. The third kappa shape index (κ3) is 3.48. The summed E-state index contributed by atoms with van der Waals surface area (Å²) < 4.78 is 25.1. The molecule has 1 aromatic carbocycles. The SMILES string of the molecule is Cc1cccc(C)c1C(=O)CC(O)C(F)(F)Cl. The minimum atomic E-state index is -3.79. The molecule has 1 atom stereocenters. The Balaban J connectivity index is 2.92. The van der Waals surface area contributed by atoms with Crippen LogP contribution in [-0.4, -0.2) is 22.4 Å². The van der Waals surface area contributed by atoms with Crippen molar-refractivity contribution < 1.29 is 18.7 Å².